The van der Waals surface area contributed by atoms with Gasteiger partial charge in [-0.05, 0) is 36.5 Å². The molecule has 2 aromatic carbocycles. The lowest BCUT2D eigenvalue weighted by Crippen LogP contribution is -2.18. The third kappa shape index (κ3) is 3.94. The van der Waals surface area contributed by atoms with Gasteiger partial charge in [-0.1, -0.05) is 12.5 Å². The molecule has 0 radical (unpaired) electrons. The van der Waals surface area contributed by atoms with Crippen LogP contribution in [0.5, 0.6) is 11.5 Å². The number of ether oxygens (including phenoxy) is 2. The highest BCUT2D eigenvalue weighted by Gasteiger charge is 2.30. The van der Waals surface area contributed by atoms with Crippen molar-refractivity contribution in [1.82, 2.24) is 19.3 Å². The molecule has 2 heterocycles. The van der Waals surface area contributed by atoms with Crippen LogP contribution in [0.15, 0.2) is 49.1 Å². The van der Waals surface area contributed by atoms with E-state index in [2.05, 4.69) is 10.1 Å². The first-order chi connectivity index (χ1) is 16.5. The standard InChI is InChI=1S/C26H28N4O4/c1-29-14-18(13-28-29)16-7-8-21-20(9-16)27-15-30(21)19-11-24(33-2)26(25(12-19)34-3)23(32)10-17-5-4-6-22(17)31/h7-9,11-15,17,22,31H,4-6,10H2,1-3H3/t17-,22-/m1/s1. The first-order valence-electron chi connectivity index (χ1n) is 11.4. The van der Waals surface area contributed by atoms with E-state index in [-0.39, 0.29) is 18.1 Å². The molecule has 4 aromatic rings. The van der Waals surface area contributed by atoms with Crippen LogP contribution in [0.2, 0.25) is 0 Å². The van der Waals surface area contributed by atoms with E-state index in [9.17, 15) is 9.90 Å². The normalized spacial score (nSPS) is 17.9. The van der Waals surface area contributed by atoms with Gasteiger partial charge in [0.1, 0.15) is 23.4 Å². The number of hydrogen-bond acceptors (Lipinski definition) is 6. The number of ketones is 1. The van der Waals surface area contributed by atoms with Gasteiger partial charge < -0.3 is 14.6 Å². The largest absolute Gasteiger partial charge is 0.496 e. The number of carbonyl (C=O) groups is 1. The Hall–Kier alpha value is -3.65. The van der Waals surface area contributed by atoms with Crippen molar-refractivity contribution in [3.05, 3.63) is 54.6 Å². The third-order valence-corrected chi connectivity index (χ3v) is 6.70. The number of benzene rings is 2. The number of fused-ring (bicyclic) bond motifs is 1. The maximum atomic E-state index is 13.2. The van der Waals surface area contributed by atoms with E-state index in [1.165, 1.54) is 0 Å². The van der Waals surface area contributed by atoms with Gasteiger partial charge in [-0.25, -0.2) is 4.98 Å². The summed E-state index contributed by atoms with van der Waals surface area (Å²) in [5.74, 6) is 0.789. The summed E-state index contributed by atoms with van der Waals surface area (Å²) in [5, 5.41) is 14.4. The van der Waals surface area contributed by atoms with Crippen LogP contribution >= 0.6 is 0 Å². The van der Waals surface area contributed by atoms with Crippen LogP contribution in [0.25, 0.3) is 27.8 Å². The fraction of sp³-hybridized carbons (Fsp3) is 0.346. The minimum Gasteiger partial charge on any atom is -0.496 e. The Morgan fingerprint density at radius 2 is 1.88 bits per heavy atom. The smallest absolute Gasteiger partial charge is 0.170 e. The van der Waals surface area contributed by atoms with Gasteiger partial charge >= 0.3 is 0 Å². The zero-order valence-electron chi connectivity index (χ0n) is 19.6. The summed E-state index contributed by atoms with van der Waals surface area (Å²) < 4.78 is 15.0. The van der Waals surface area contributed by atoms with Crippen molar-refractivity contribution in [2.45, 2.75) is 31.8 Å². The molecular weight excluding hydrogens is 432 g/mol. The monoisotopic (exact) mass is 460 g/mol. The van der Waals surface area contributed by atoms with Crippen molar-refractivity contribution < 1.29 is 19.4 Å². The van der Waals surface area contributed by atoms with E-state index in [4.69, 9.17) is 9.47 Å². The summed E-state index contributed by atoms with van der Waals surface area (Å²) in [6.45, 7) is 0. The molecule has 1 N–H and O–H groups in total. The van der Waals surface area contributed by atoms with Gasteiger partial charge in [-0.3, -0.25) is 14.0 Å². The Kier molecular flexibility index (Phi) is 5.83. The quantitative estimate of drug-likeness (QED) is 0.416. The van der Waals surface area contributed by atoms with Gasteiger partial charge in [0.2, 0.25) is 0 Å². The number of imidazole rings is 1. The zero-order chi connectivity index (χ0) is 23.8. The van der Waals surface area contributed by atoms with Crippen LogP contribution in [-0.2, 0) is 7.05 Å². The molecule has 2 atom stereocenters. The minimum atomic E-state index is -0.422. The molecule has 1 saturated carbocycles. The first kappa shape index (κ1) is 22.2. The van der Waals surface area contributed by atoms with Crippen molar-refractivity contribution in [3.63, 3.8) is 0 Å². The van der Waals surface area contributed by atoms with Crippen LogP contribution in [0.3, 0.4) is 0 Å². The molecule has 5 rings (SSSR count). The van der Waals surface area contributed by atoms with E-state index in [1.54, 1.807) is 25.2 Å². The third-order valence-electron chi connectivity index (χ3n) is 6.70. The number of Topliss-reactive ketones (excluding diaryl/α,β-unsaturated/α-hetero) is 1. The first-order valence-corrected chi connectivity index (χ1v) is 11.4. The molecule has 0 amide bonds. The molecule has 0 spiro atoms. The zero-order valence-corrected chi connectivity index (χ0v) is 19.6. The molecule has 0 aliphatic heterocycles. The van der Waals surface area contributed by atoms with Crippen LogP contribution in [-0.4, -0.2) is 50.5 Å². The van der Waals surface area contributed by atoms with Crippen molar-refractivity contribution in [3.8, 4) is 28.3 Å². The van der Waals surface area contributed by atoms with Crippen LogP contribution < -0.4 is 9.47 Å². The van der Waals surface area contributed by atoms with E-state index in [0.717, 1.165) is 47.1 Å². The SMILES string of the molecule is COc1cc(-n2cnc3cc(-c4cnn(C)c4)ccc32)cc(OC)c1C(=O)C[C@H]1CCC[C@H]1O. The molecule has 0 saturated heterocycles. The number of aromatic nitrogens is 4. The molecule has 8 heteroatoms. The summed E-state index contributed by atoms with van der Waals surface area (Å²) in [6.07, 6.45) is 7.96. The Bertz CT molecular complexity index is 1330. The highest BCUT2D eigenvalue weighted by atomic mass is 16.5. The number of aryl methyl sites for hydroxylation is 1. The predicted octanol–water partition coefficient (Wildman–Crippen LogP) is 4.18. The van der Waals surface area contributed by atoms with Gasteiger partial charge in [0.25, 0.3) is 0 Å². The average molecular weight is 461 g/mol. The topological polar surface area (TPSA) is 91.4 Å². The Morgan fingerprint density at radius 3 is 2.50 bits per heavy atom. The fourth-order valence-corrected chi connectivity index (χ4v) is 4.88. The van der Waals surface area contributed by atoms with Gasteiger partial charge in [0, 0.05) is 37.4 Å². The number of aliphatic hydroxyl groups excluding tert-OH is 1. The highest BCUT2D eigenvalue weighted by molar-refractivity contribution is 6.02. The number of carbonyl (C=O) groups excluding carboxylic acids is 1. The second-order valence-corrected chi connectivity index (χ2v) is 8.83. The Morgan fingerprint density at radius 1 is 1.12 bits per heavy atom. The van der Waals surface area contributed by atoms with Crippen molar-refractivity contribution in [2.24, 2.45) is 13.0 Å². The van der Waals surface area contributed by atoms with Gasteiger partial charge in [-0.2, -0.15) is 5.10 Å². The number of rotatable bonds is 7. The molecule has 176 valence electrons. The van der Waals surface area contributed by atoms with Gasteiger partial charge in [0.05, 0.1) is 43.2 Å². The number of hydrogen-bond donors (Lipinski definition) is 1. The number of nitrogens with zero attached hydrogens (tertiary/aromatic N) is 4. The molecule has 8 nitrogen and oxygen atoms in total. The van der Waals surface area contributed by atoms with E-state index < -0.39 is 6.10 Å². The second-order valence-electron chi connectivity index (χ2n) is 8.83. The second kappa shape index (κ2) is 8.95. The molecule has 0 bridgehead atoms. The number of methoxy groups -OCH3 is 2. The summed E-state index contributed by atoms with van der Waals surface area (Å²) in [6, 6.07) is 9.75. The number of aliphatic hydroxyl groups is 1. The minimum absolute atomic E-state index is 0.0202. The van der Waals surface area contributed by atoms with Crippen LogP contribution in [0, 0.1) is 5.92 Å². The molecule has 0 unspecified atom stereocenters. The van der Waals surface area contributed by atoms with E-state index in [0.29, 0.717) is 17.1 Å². The van der Waals surface area contributed by atoms with Gasteiger partial charge in [0.15, 0.2) is 5.78 Å². The molecular formula is C26H28N4O4. The van der Waals surface area contributed by atoms with E-state index in [1.807, 2.05) is 54.3 Å². The summed E-state index contributed by atoms with van der Waals surface area (Å²) >= 11 is 0. The molecule has 2 aromatic heterocycles. The molecule has 1 aliphatic rings. The maximum absolute atomic E-state index is 13.2. The van der Waals surface area contributed by atoms with E-state index >= 15 is 0 Å². The van der Waals surface area contributed by atoms with Gasteiger partial charge in [-0.15, -0.1) is 0 Å². The molecule has 34 heavy (non-hydrogen) atoms. The maximum Gasteiger partial charge on any atom is 0.170 e. The van der Waals surface area contributed by atoms with Crippen LogP contribution in [0.4, 0.5) is 0 Å². The molecule has 1 aliphatic carbocycles. The highest BCUT2D eigenvalue weighted by Crippen LogP contribution is 2.37. The summed E-state index contributed by atoms with van der Waals surface area (Å²) in [4.78, 5) is 17.8. The lowest BCUT2D eigenvalue weighted by Gasteiger charge is -2.18. The van der Waals surface area contributed by atoms with Crippen LogP contribution in [0.1, 0.15) is 36.0 Å². The molecule has 1 fully saturated rings. The lowest BCUT2D eigenvalue weighted by molar-refractivity contribution is 0.0862. The average Bonchev–Trinajstić information content (AvgIpc) is 3.57. The lowest BCUT2D eigenvalue weighted by atomic mass is 9.94. The summed E-state index contributed by atoms with van der Waals surface area (Å²) in [5.41, 5.74) is 5.02. The fourth-order valence-electron chi connectivity index (χ4n) is 4.88. The Balaban J connectivity index is 1.52. The summed E-state index contributed by atoms with van der Waals surface area (Å²) in [7, 11) is 4.99. The van der Waals surface area contributed by atoms with Crippen molar-refractivity contribution in [2.75, 3.05) is 14.2 Å². The Labute approximate surface area is 197 Å². The van der Waals surface area contributed by atoms with Crippen molar-refractivity contribution >= 4 is 16.8 Å². The predicted molar refractivity (Wildman–Crippen MR) is 129 cm³/mol. The van der Waals surface area contributed by atoms with Crippen molar-refractivity contribution in [1.29, 1.82) is 0 Å².